The van der Waals surface area contributed by atoms with Crippen molar-refractivity contribution in [3.8, 4) is 5.75 Å². The fraction of sp³-hybridized carbons (Fsp3) is 0.333. The van der Waals surface area contributed by atoms with Gasteiger partial charge in [-0.05, 0) is 43.1 Å². The third-order valence-electron chi connectivity index (χ3n) is 5.75. The second kappa shape index (κ2) is 8.81. The van der Waals surface area contributed by atoms with Crippen LogP contribution in [-0.2, 0) is 4.74 Å². The van der Waals surface area contributed by atoms with Gasteiger partial charge in [-0.25, -0.2) is 4.79 Å². The van der Waals surface area contributed by atoms with E-state index in [2.05, 4.69) is 21.8 Å². The predicted molar refractivity (Wildman–Crippen MR) is 117 cm³/mol. The molecule has 6 nitrogen and oxygen atoms in total. The number of pyridine rings is 1. The first kappa shape index (κ1) is 20.3. The number of piperazine rings is 1. The summed E-state index contributed by atoms with van der Waals surface area (Å²) in [4.78, 5) is 21.7. The average molecular weight is 405 g/mol. The molecule has 1 atom stereocenters. The van der Waals surface area contributed by atoms with Crippen molar-refractivity contribution in [3.63, 3.8) is 0 Å². The number of phenolic OH excluding ortho intramolecular Hbond substituents is 1. The van der Waals surface area contributed by atoms with Crippen molar-refractivity contribution in [1.29, 1.82) is 0 Å². The van der Waals surface area contributed by atoms with E-state index in [0.717, 1.165) is 42.5 Å². The van der Waals surface area contributed by atoms with Crippen LogP contribution in [0.2, 0.25) is 0 Å². The van der Waals surface area contributed by atoms with Crippen LogP contribution >= 0.6 is 0 Å². The largest absolute Gasteiger partial charge is 0.507 e. The Morgan fingerprint density at radius 1 is 1.13 bits per heavy atom. The van der Waals surface area contributed by atoms with Crippen LogP contribution in [-0.4, -0.2) is 65.7 Å². The molecule has 3 aromatic rings. The molecule has 6 heteroatoms. The maximum Gasteiger partial charge on any atom is 0.338 e. The summed E-state index contributed by atoms with van der Waals surface area (Å²) >= 11 is 0. The molecule has 0 amide bonds. The first-order chi connectivity index (χ1) is 14.6. The van der Waals surface area contributed by atoms with Crippen molar-refractivity contribution in [2.75, 3.05) is 39.8 Å². The number of hydrogen-bond donors (Lipinski definition) is 1. The van der Waals surface area contributed by atoms with Gasteiger partial charge in [-0.3, -0.25) is 9.88 Å². The van der Waals surface area contributed by atoms with Crippen LogP contribution in [0.3, 0.4) is 0 Å². The molecule has 4 rings (SSSR count). The van der Waals surface area contributed by atoms with Crippen molar-refractivity contribution in [2.24, 2.45) is 0 Å². The molecule has 1 aromatic heterocycles. The van der Waals surface area contributed by atoms with Gasteiger partial charge in [0.15, 0.2) is 0 Å². The Kier molecular flexibility index (Phi) is 5.97. The lowest BCUT2D eigenvalue weighted by Gasteiger charge is -2.39. The molecule has 1 saturated heterocycles. The summed E-state index contributed by atoms with van der Waals surface area (Å²) in [5.41, 5.74) is 2.00. The van der Waals surface area contributed by atoms with E-state index in [9.17, 15) is 9.90 Å². The van der Waals surface area contributed by atoms with E-state index < -0.39 is 5.97 Å². The van der Waals surface area contributed by atoms with Gasteiger partial charge in [-0.1, -0.05) is 24.3 Å². The summed E-state index contributed by atoms with van der Waals surface area (Å²) in [6, 6.07) is 13.1. The minimum absolute atomic E-state index is 0.136. The lowest BCUT2D eigenvalue weighted by atomic mass is 9.89. The molecule has 1 aliphatic heterocycles. The van der Waals surface area contributed by atoms with Crippen LogP contribution in [0.15, 0.2) is 54.9 Å². The van der Waals surface area contributed by atoms with Crippen LogP contribution < -0.4 is 0 Å². The van der Waals surface area contributed by atoms with Crippen LogP contribution in [0.1, 0.15) is 34.5 Å². The highest BCUT2D eigenvalue weighted by Gasteiger charge is 2.32. The van der Waals surface area contributed by atoms with Gasteiger partial charge in [0.1, 0.15) is 5.75 Å². The molecule has 0 bridgehead atoms. The second-order valence-electron chi connectivity index (χ2n) is 7.65. The number of benzene rings is 2. The number of phenols is 1. The van der Waals surface area contributed by atoms with Gasteiger partial charge in [-0.2, -0.15) is 0 Å². The van der Waals surface area contributed by atoms with E-state index >= 15 is 0 Å². The first-order valence-corrected chi connectivity index (χ1v) is 10.3. The molecule has 1 fully saturated rings. The molecule has 1 unspecified atom stereocenters. The Bertz CT molecular complexity index is 1030. The van der Waals surface area contributed by atoms with Crippen molar-refractivity contribution < 1.29 is 14.6 Å². The Morgan fingerprint density at radius 2 is 1.83 bits per heavy atom. The molecule has 0 saturated carbocycles. The monoisotopic (exact) mass is 405 g/mol. The van der Waals surface area contributed by atoms with Gasteiger partial charge in [0.25, 0.3) is 0 Å². The van der Waals surface area contributed by atoms with Crippen molar-refractivity contribution in [3.05, 3.63) is 71.5 Å². The quantitative estimate of drug-likeness (QED) is 0.656. The summed E-state index contributed by atoms with van der Waals surface area (Å²) in [5.74, 6) is -0.279. The number of aromatic nitrogens is 1. The van der Waals surface area contributed by atoms with Gasteiger partial charge < -0.3 is 14.7 Å². The lowest BCUT2D eigenvalue weighted by molar-refractivity contribution is 0.0520. The number of aromatic hydroxyl groups is 1. The average Bonchev–Trinajstić information content (AvgIpc) is 2.77. The van der Waals surface area contributed by atoms with Gasteiger partial charge in [0.2, 0.25) is 0 Å². The maximum atomic E-state index is 13.0. The van der Waals surface area contributed by atoms with Gasteiger partial charge in [-0.15, -0.1) is 0 Å². The maximum absolute atomic E-state index is 13.0. The zero-order valence-electron chi connectivity index (χ0n) is 17.4. The number of rotatable bonds is 5. The molecular formula is C24H27N3O3. The van der Waals surface area contributed by atoms with Gasteiger partial charge in [0, 0.05) is 49.5 Å². The number of carbonyl (C=O) groups is 1. The summed E-state index contributed by atoms with van der Waals surface area (Å²) in [6.45, 7) is 5.57. The Hall–Kier alpha value is -2.96. The molecule has 156 valence electrons. The Morgan fingerprint density at radius 3 is 2.53 bits per heavy atom. The molecule has 0 spiro atoms. The number of fused-ring (bicyclic) bond motifs is 1. The summed E-state index contributed by atoms with van der Waals surface area (Å²) in [7, 11) is 2.11. The number of ether oxygens (including phenoxy) is 1. The zero-order chi connectivity index (χ0) is 21.1. The fourth-order valence-corrected chi connectivity index (χ4v) is 4.18. The SMILES string of the molecule is CCOC(=O)c1cc2ccccc2c(O)c1C(c1ccncc1)N1CCN(C)CC1. The molecule has 1 aliphatic rings. The van der Waals surface area contributed by atoms with Crippen molar-refractivity contribution >= 4 is 16.7 Å². The first-order valence-electron chi connectivity index (χ1n) is 10.3. The van der Waals surface area contributed by atoms with Crippen LogP contribution in [0, 0.1) is 0 Å². The molecular weight excluding hydrogens is 378 g/mol. The number of nitrogens with zero attached hydrogens (tertiary/aromatic N) is 3. The molecule has 0 radical (unpaired) electrons. The highest BCUT2D eigenvalue weighted by molar-refractivity contribution is 6.01. The molecule has 0 aliphatic carbocycles. The third-order valence-corrected chi connectivity index (χ3v) is 5.75. The zero-order valence-corrected chi connectivity index (χ0v) is 17.4. The molecule has 1 N–H and O–H groups in total. The van der Waals surface area contributed by atoms with E-state index in [1.54, 1.807) is 19.3 Å². The van der Waals surface area contributed by atoms with Gasteiger partial charge >= 0.3 is 5.97 Å². The van der Waals surface area contributed by atoms with Crippen LogP contribution in [0.4, 0.5) is 0 Å². The lowest BCUT2D eigenvalue weighted by Crippen LogP contribution is -2.46. The number of carbonyl (C=O) groups excluding carboxylic acids is 1. The highest BCUT2D eigenvalue weighted by Crippen LogP contribution is 2.41. The summed E-state index contributed by atoms with van der Waals surface area (Å²) in [6.07, 6.45) is 3.50. The number of likely N-dealkylation sites (N-methyl/N-ethyl adjacent to an activating group) is 1. The molecule has 2 heterocycles. The van der Waals surface area contributed by atoms with E-state index in [4.69, 9.17) is 4.74 Å². The van der Waals surface area contributed by atoms with Crippen LogP contribution in [0.5, 0.6) is 5.75 Å². The Balaban J connectivity index is 1.94. The normalized spacial score (nSPS) is 16.5. The summed E-state index contributed by atoms with van der Waals surface area (Å²) in [5, 5.41) is 12.9. The highest BCUT2D eigenvalue weighted by atomic mass is 16.5. The number of esters is 1. The third kappa shape index (κ3) is 3.88. The van der Waals surface area contributed by atoms with Crippen LogP contribution in [0.25, 0.3) is 10.8 Å². The van der Waals surface area contributed by atoms with Crippen molar-refractivity contribution in [1.82, 2.24) is 14.8 Å². The minimum Gasteiger partial charge on any atom is -0.507 e. The van der Waals surface area contributed by atoms with Crippen molar-refractivity contribution in [2.45, 2.75) is 13.0 Å². The van der Waals surface area contributed by atoms with E-state index in [-0.39, 0.29) is 18.4 Å². The van der Waals surface area contributed by atoms with E-state index in [1.165, 1.54) is 0 Å². The minimum atomic E-state index is -0.415. The molecule has 2 aromatic carbocycles. The Labute approximate surface area is 176 Å². The fourth-order valence-electron chi connectivity index (χ4n) is 4.18. The smallest absolute Gasteiger partial charge is 0.338 e. The number of hydrogen-bond acceptors (Lipinski definition) is 6. The second-order valence-corrected chi connectivity index (χ2v) is 7.65. The standard InChI is InChI=1S/C24H27N3O3/c1-3-30-24(29)20-16-18-6-4-5-7-19(18)23(28)21(20)22(17-8-10-25-11-9-17)27-14-12-26(2)13-15-27/h4-11,16,22,28H,3,12-15H2,1-2H3. The van der Waals surface area contributed by atoms with E-state index in [0.29, 0.717) is 11.1 Å². The molecule has 30 heavy (non-hydrogen) atoms. The topological polar surface area (TPSA) is 65.9 Å². The van der Waals surface area contributed by atoms with E-state index in [1.807, 2.05) is 42.5 Å². The van der Waals surface area contributed by atoms with Gasteiger partial charge in [0.05, 0.1) is 18.2 Å². The summed E-state index contributed by atoms with van der Waals surface area (Å²) < 4.78 is 5.37. The predicted octanol–water partition coefficient (Wildman–Crippen LogP) is 3.45.